The van der Waals surface area contributed by atoms with E-state index in [9.17, 15) is 4.39 Å². The fraction of sp³-hybridized carbons (Fsp3) is 0.500. The van der Waals surface area contributed by atoms with Gasteiger partial charge in [-0.05, 0) is 50.4 Å². The molecule has 0 aliphatic heterocycles. The van der Waals surface area contributed by atoms with Crippen molar-refractivity contribution in [2.24, 2.45) is 0 Å². The normalized spacial score (nSPS) is 21.6. The highest BCUT2D eigenvalue weighted by atomic mass is 19.1. The van der Waals surface area contributed by atoms with E-state index in [2.05, 4.69) is 11.4 Å². The van der Waals surface area contributed by atoms with Crippen molar-refractivity contribution in [3.05, 3.63) is 47.3 Å². The van der Waals surface area contributed by atoms with Crippen LogP contribution >= 0.6 is 0 Å². The number of hydrogen-bond acceptors (Lipinski definition) is 1. The second kappa shape index (κ2) is 6.69. The van der Waals surface area contributed by atoms with Crippen LogP contribution in [0.2, 0.25) is 0 Å². The van der Waals surface area contributed by atoms with E-state index in [-0.39, 0.29) is 11.9 Å². The Hall–Kier alpha value is -1.15. The van der Waals surface area contributed by atoms with Crippen molar-refractivity contribution in [3.8, 4) is 0 Å². The van der Waals surface area contributed by atoms with Gasteiger partial charge in [-0.3, -0.25) is 0 Å². The first-order valence-electron chi connectivity index (χ1n) is 6.93. The van der Waals surface area contributed by atoms with Crippen LogP contribution in [0.1, 0.15) is 50.1 Å². The quantitative estimate of drug-likeness (QED) is 0.782. The maximum atomic E-state index is 13.3. The molecule has 1 aliphatic carbocycles. The van der Waals surface area contributed by atoms with Crippen molar-refractivity contribution >= 4 is 0 Å². The van der Waals surface area contributed by atoms with Crippen molar-refractivity contribution in [2.45, 2.75) is 44.6 Å². The molecule has 1 aromatic carbocycles. The van der Waals surface area contributed by atoms with Gasteiger partial charge >= 0.3 is 0 Å². The average molecular weight is 247 g/mol. The first-order valence-corrected chi connectivity index (χ1v) is 6.93. The number of hydrogen-bond donors (Lipinski definition) is 1. The van der Waals surface area contributed by atoms with Gasteiger partial charge in [0.1, 0.15) is 5.82 Å². The molecule has 0 saturated heterocycles. The lowest BCUT2D eigenvalue weighted by Gasteiger charge is -2.22. The van der Waals surface area contributed by atoms with E-state index in [0.717, 1.165) is 18.4 Å². The van der Waals surface area contributed by atoms with Crippen molar-refractivity contribution in [3.63, 3.8) is 0 Å². The molecule has 1 aromatic rings. The maximum Gasteiger partial charge on any atom is 0.123 e. The fourth-order valence-corrected chi connectivity index (χ4v) is 2.73. The van der Waals surface area contributed by atoms with Crippen LogP contribution in [0.5, 0.6) is 0 Å². The topological polar surface area (TPSA) is 12.0 Å². The van der Waals surface area contributed by atoms with Crippen LogP contribution in [0.25, 0.3) is 0 Å². The minimum absolute atomic E-state index is 0.154. The Morgan fingerprint density at radius 1 is 1.17 bits per heavy atom. The molecule has 1 N–H and O–H groups in total. The molecule has 0 spiro atoms. The molecule has 2 heteroatoms. The van der Waals surface area contributed by atoms with Gasteiger partial charge in [0.15, 0.2) is 0 Å². The largest absolute Gasteiger partial charge is 0.310 e. The lowest BCUT2D eigenvalue weighted by atomic mass is 9.91. The van der Waals surface area contributed by atoms with Gasteiger partial charge in [0, 0.05) is 0 Å². The molecule has 2 rings (SSSR count). The Kier molecular flexibility index (Phi) is 4.94. The van der Waals surface area contributed by atoms with Crippen molar-refractivity contribution in [1.82, 2.24) is 5.32 Å². The Bertz CT molecular complexity index is 411. The van der Waals surface area contributed by atoms with Gasteiger partial charge < -0.3 is 5.32 Å². The summed E-state index contributed by atoms with van der Waals surface area (Å²) in [7, 11) is 1.95. The molecule has 0 saturated carbocycles. The van der Waals surface area contributed by atoms with Gasteiger partial charge in [0.2, 0.25) is 0 Å². The number of halogens is 1. The van der Waals surface area contributed by atoms with E-state index in [0.29, 0.717) is 0 Å². The van der Waals surface area contributed by atoms with Crippen LogP contribution in [0.4, 0.5) is 4.39 Å². The molecule has 0 aromatic heterocycles. The molecular formula is C16H22FN. The number of nitrogens with one attached hydrogen (secondary N) is 1. The molecule has 1 unspecified atom stereocenters. The molecule has 1 nitrogen and oxygen atoms in total. The van der Waals surface area contributed by atoms with Crippen molar-refractivity contribution in [1.29, 1.82) is 0 Å². The molecule has 0 bridgehead atoms. The lowest BCUT2D eigenvalue weighted by molar-refractivity contribution is 0.569. The van der Waals surface area contributed by atoms with E-state index in [1.807, 2.05) is 13.1 Å². The zero-order valence-corrected chi connectivity index (χ0v) is 11.1. The number of benzene rings is 1. The Morgan fingerprint density at radius 2 is 2.00 bits per heavy atom. The first-order chi connectivity index (χ1) is 8.81. The third-order valence-corrected chi connectivity index (χ3v) is 3.67. The van der Waals surface area contributed by atoms with Crippen LogP contribution in [-0.4, -0.2) is 7.05 Å². The highest BCUT2D eigenvalue weighted by Gasteiger charge is 2.15. The van der Waals surface area contributed by atoms with Crippen molar-refractivity contribution in [2.75, 3.05) is 7.05 Å². The molecule has 98 valence electrons. The second-order valence-electron chi connectivity index (χ2n) is 5.01. The number of allylic oxidation sites excluding steroid dienone is 1. The molecular weight excluding hydrogens is 225 g/mol. The highest BCUT2D eigenvalue weighted by molar-refractivity contribution is 5.29. The summed E-state index contributed by atoms with van der Waals surface area (Å²) in [6, 6.07) is 7.10. The van der Waals surface area contributed by atoms with Gasteiger partial charge in [0.05, 0.1) is 6.04 Å². The van der Waals surface area contributed by atoms with Crippen LogP contribution in [-0.2, 0) is 0 Å². The monoisotopic (exact) mass is 247 g/mol. The van der Waals surface area contributed by atoms with E-state index in [1.165, 1.54) is 37.3 Å². The summed E-state index contributed by atoms with van der Waals surface area (Å²) >= 11 is 0. The summed E-state index contributed by atoms with van der Waals surface area (Å²) in [6.45, 7) is 0. The zero-order valence-electron chi connectivity index (χ0n) is 11.1. The maximum absolute atomic E-state index is 13.3. The Morgan fingerprint density at radius 3 is 2.78 bits per heavy atom. The highest BCUT2D eigenvalue weighted by Crippen LogP contribution is 2.28. The van der Waals surface area contributed by atoms with Gasteiger partial charge in [-0.25, -0.2) is 4.39 Å². The number of likely N-dealkylation sites (N-methyl/N-ethyl adjacent to an activating group) is 1. The van der Waals surface area contributed by atoms with Crippen LogP contribution in [0, 0.1) is 5.82 Å². The van der Waals surface area contributed by atoms with E-state index in [4.69, 9.17) is 0 Å². The molecule has 1 atom stereocenters. The zero-order chi connectivity index (χ0) is 12.8. The van der Waals surface area contributed by atoms with E-state index < -0.39 is 0 Å². The predicted molar refractivity (Wildman–Crippen MR) is 74.0 cm³/mol. The summed E-state index contributed by atoms with van der Waals surface area (Å²) in [5.41, 5.74) is 2.45. The third kappa shape index (κ3) is 3.42. The minimum Gasteiger partial charge on any atom is -0.310 e. The molecule has 1 aliphatic rings. The van der Waals surface area contributed by atoms with Gasteiger partial charge in [0.25, 0.3) is 0 Å². The molecule has 0 fully saturated rings. The summed E-state index contributed by atoms with van der Waals surface area (Å²) < 4.78 is 13.3. The summed E-state index contributed by atoms with van der Waals surface area (Å²) in [5.74, 6) is -0.154. The average Bonchev–Trinajstić information content (AvgIpc) is 2.32. The first kappa shape index (κ1) is 13.3. The molecule has 0 radical (unpaired) electrons. The minimum atomic E-state index is -0.154. The smallest absolute Gasteiger partial charge is 0.123 e. The predicted octanol–water partition coefficient (Wildman–Crippen LogP) is 4.37. The Balaban J connectivity index is 2.21. The van der Waals surface area contributed by atoms with Gasteiger partial charge in [-0.2, -0.15) is 0 Å². The third-order valence-electron chi connectivity index (χ3n) is 3.67. The summed E-state index contributed by atoms with van der Waals surface area (Å²) in [6.07, 6.45) is 9.82. The van der Waals surface area contributed by atoms with Crippen LogP contribution in [0.15, 0.2) is 35.9 Å². The molecule has 18 heavy (non-hydrogen) atoms. The lowest BCUT2D eigenvalue weighted by Crippen LogP contribution is -2.19. The molecule has 0 amide bonds. The standard InChI is InChI=1S/C16H22FN/c1-18-16(14-10-7-11-15(17)12-14)13-8-5-3-2-4-6-9-13/h7-8,10-12,16,18H,2-6,9H2,1H3/b13-8+. The van der Waals surface area contributed by atoms with E-state index in [1.54, 1.807) is 12.1 Å². The van der Waals surface area contributed by atoms with Crippen LogP contribution in [0.3, 0.4) is 0 Å². The van der Waals surface area contributed by atoms with Crippen LogP contribution < -0.4 is 5.32 Å². The fourth-order valence-electron chi connectivity index (χ4n) is 2.73. The van der Waals surface area contributed by atoms with Crippen molar-refractivity contribution < 1.29 is 4.39 Å². The number of rotatable bonds is 3. The molecule has 0 heterocycles. The summed E-state index contributed by atoms with van der Waals surface area (Å²) in [5, 5.41) is 3.33. The van der Waals surface area contributed by atoms with Gasteiger partial charge in [-0.1, -0.05) is 36.6 Å². The Labute approximate surface area is 109 Å². The second-order valence-corrected chi connectivity index (χ2v) is 5.01. The SMILES string of the molecule is CNC(/C1=C/CCCCCC1)c1cccc(F)c1. The summed E-state index contributed by atoms with van der Waals surface area (Å²) in [4.78, 5) is 0. The van der Waals surface area contributed by atoms with Gasteiger partial charge in [-0.15, -0.1) is 0 Å². The van der Waals surface area contributed by atoms with E-state index >= 15 is 0 Å².